The number of hydrogen-bond donors (Lipinski definition) is 0. The third-order valence-electron chi connectivity index (χ3n) is 5.61. The second-order valence-corrected chi connectivity index (χ2v) is 7.73. The smallest absolute Gasteiger partial charge is 0.273 e. The second-order valence-electron chi connectivity index (χ2n) is 7.73. The van der Waals surface area contributed by atoms with Crippen LogP contribution >= 0.6 is 0 Å². The van der Waals surface area contributed by atoms with Gasteiger partial charge in [0.15, 0.2) is 5.82 Å². The lowest BCUT2D eigenvalue weighted by Gasteiger charge is -2.25. The fourth-order valence-electron chi connectivity index (χ4n) is 4.19. The normalized spacial score (nSPS) is 16.6. The van der Waals surface area contributed by atoms with Crippen molar-refractivity contribution in [3.05, 3.63) is 72.3 Å². The lowest BCUT2D eigenvalue weighted by Crippen LogP contribution is -2.32. The van der Waals surface area contributed by atoms with E-state index in [1.165, 1.54) is 0 Å². The predicted molar refractivity (Wildman–Crippen MR) is 114 cm³/mol. The molecule has 1 fully saturated rings. The summed E-state index contributed by atoms with van der Waals surface area (Å²) in [7, 11) is 3.99. The van der Waals surface area contributed by atoms with Crippen LogP contribution < -0.4 is 4.90 Å². The Morgan fingerprint density at radius 1 is 1.07 bits per heavy atom. The quantitative estimate of drug-likeness (QED) is 0.536. The van der Waals surface area contributed by atoms with Gasteiger partial charge in [-0.1, -0.05) is 24.3 Å². The first-order valence-corrected chi connectivity index (χ1v) is 9.93. The summed E-state index contributed by atoms with van der Waals surface area (Å²) >= 11 is 0. The van der Waals surface area contributed by atoms with Crippen LogP contribution in [0.25, 0.3) is 16.4 Å². The Labute approximate surface area is 169 Å². The predicted octanol–water partition coefficient (Wildman–Crippen LogP) is 3.93. The van der Waals surface area contributed by atoms with Gasteiger partial charge in [-0.2, -0.15) is 0 Å². The minimum atomic E-state index is -0.0405. The maximum absolute atomic E-state index is 13.3. The molecule has 6 heteroatoms. The van der Waals surface area contributed by atoms with Gasteiger partial charge in [0, 0.05) is 38.4 Å². The van der Waals surface area contributed by atoms with Crippen LogP contribution in [-0.4, -0.2) is 45.8 Å². The Kier molecular flexibility index (Phi) is 4.19. The fraction of sp³-hybridized carbons (Fsp3) is 0.261. The van der Waals surface area contributed by atoms with Gasteiger partial charge in [0.2, 0.25) is 0 Å². The number of pyridine rings is 1. The zero-order valence-electron chi connectivity index (χ0n) is 16.6. The summed E-state index contributed by atoms with van der Waals surface area (Å²) in [6, 6.07) is 15.7. The molecule has 0 spiro atoms. The minimum absolute atomic E-state index is 0.0286. The van der Waals surface area contributed by atoms with Crippen LogP contribution in [0.4, 0.5) is 5.82 Å². The first kappa shape index (κ1) is 17.7. The average molecular weight is 385 g/mol. The lowest BCUT2D eigenvalue weighted by atomic mass is 10.1. The highest BCUT2D eigenvalue weighted by molar-refractivity contribution is 5.95. The molecule has 0 bridgehead atoms. The van der Waals surface area contributed by atoms with Crippen LogP contribution in [0.1, 0.15) is 35.1 Å². The zero-order chi connectivity index (χ0) is 20.0. The highest BCUT2D eigenvalue weighted by atomic mass is 16.2. The van der Waals surface area contributed by atoms with Crippen LogP contribution in [0.15, 0.2) is 60.9 Å². The molecule has 0 saturated carbocycles. The number of rotatable bonds is 3. The van der Waals surface area contributed by atoms with Gasteiger partial charge in [-0.15, -0.1) is 0 Å². The summed E-state index contributed by atoms with van der Waals surface area (Å²) < 4.78 is 2.09. The van der Waals surface area contributed by atoms with E-state index in [1.807, 2.05) is 78.8 Å². The van der Waals surface area contributed by atoms with Gasteiger partial charge >= 0.3 is 0 Å². The van der Waals surface area contributed by atoms with Crippen molar-refractivity contribution >= 4 is 28.1 Å². The maximum atomic E-state index is 13.3. The molecule has 6 nitrogen and oxygen atoms in total. The zero-order valence-corrected chi connectivity index (χ0v) is 16.6. The second kappa shape index (κ2) is 6.88. The largest absolute Gasteiger partial charge is 0.361 e. The molecule has 1 aromatic carbocycles. The molecule has 1 saturated heterocycles. The van der Waals surface area contributed by atoms with Gasteiger partial charge in [0.25, 0.3) is 5.91 Å². The average Bonchev–Trinajstić information content (AvgIpc) is 3.41. The number of carbonyl (C=O) groups excluding carboxylic acids is 1. The van der Waals surface area contributed by atoms with Crippen LogP contribution in [0.2, 0.25) is 0 Å². The molecule has 1 aliphatic heterocycles. The molecule has 0 aliphatic carbocycles. The summed E-state index contributed by atoms with van der Waals surface area (Å²) in [6.07, 6.45) is 5.95. The Bertz CT molecular complexity index is 1210. The van der Waals surface area contributed by atoms with Crippen molar-refractivity contribution in [1.82, 2.24) is 19.3 Å². The number of carbonyl (C=O) groups is 1. The molecular formula is C23H23N5O. The number of nitrogens with zero attached hydrogens (tertiary/aromatic N) is 5. The number of benzene rings is 1. The third-order valence-corrected chi connectivity index (χ3v) is 5.61. The van der Waals surface area contributed by atoms with Crippen LogP contribution in [0.5, 0.6) is 0 Å². The molecule has 5 rings (SSSR count). The lowest BCUT2D eigenvalue weighted by molar-refractivity contribution is 0.0727. The van der Waals surface area contributed by atoms with Crippen molar-refractivity contribution < 1.29 is 4.79 Å². The first-order valence-electron chi connectivity index (χ1n) is 9.93. The van der Waals surface area contributed by atoms with E-state index >= 15 is 0 Å². The van der Waals surface area contributed by atoms with Crippen molar-refractivity contribution in [2.45, 2.75) is 18.9 Å². The van der Waals surface area contributed by atoms with Gasteiger partial charge < -0.3 is 14.2 Å². The first-order chi connectivity index (χ1) is 14.1. The molecule has 4 heterocycles. The van der Waals surface area contributed by atoms with Crippen molar-refractivity contribution in [2.75, 3.05) is 25.5 Å². The van der Waals surface area contributed by atoms with Crippen LogP contribution in [0, 0.1) is 0 Å². The Morgan fingerprint density at radius 3 is 2.79 bits per heavy atom. The Morgan fingerprint density at radius 2 is 1.93 bits per heavy atom. The molecule has 29 heavy (non-hydrogen) atoms. The van der Waals surface area contributed by atoms with E-state index in [-0.39, 0.29) is 11.9 Å². The molecule has 4 aromatic rings. The molecule has 0 N–H and O–H groups in total. The summed E-state index contributed by atoms with van der Waals surface area (Å²) in [4.78, 5) is 26.8. The number of hydrogen-bond acceptors (Lipinski definition) is 4. The molecule has 1 aliphatic rings. The van der Waals surface area contributed by atoms with Gasteiger partial charge in [-0.3, -0.25) is 4.79 Å². The monoisotopic (exact) mass is 385 g/mol. The number of amides is 1. The summed E-state index contributed by atoms with van der Waals surface area (Å²) in [5.74, 6) is 0.884. The van der Waals surface area contributed by atoms with E-state index in [2.05, 4.69) is 15.5 Å². The van der Waals surface area contributed by atoms with E-state index in [1.54, 1.807) is 0 Å². The summed E-state index contributed by atoms with van der Waals surface area (Å²) in [5.41, 5.74) is 3.32. The Hall–Kier alpha value is -3.41. The SMILES string of the molecule is CN(C)c1nc([C@@H]2CCCN2C(=O)c2ccc3ccccc3n2)cn2cccc12. The summed E-state index contributed by atoms with van der Waals surface area (Å²) in [5, 5.41) is 1.04. The van der Waals surface area contributed by atoms with E-state index in [0.29, 0.717) is 5.69 Å². The number of para-hydroxylation sites is 1. The maximum Gasteiger partial charge on any atom is 0.273 e. The molecule has 3 aromatic heterocycles. The van der Waals surface area contributed by atoms with Gasteiger partial charge in [0.05, 0.1) is 22.8 Å². The van der Waals surface area contributed by atoms with Crippen molar-refractivity contribution in [3.8, 4) is 0 Å². The highest BCUT2D eigenvalue weighted by Crippen LogP contribution is 2.34. The molecular weight excluding hydrogens is 362 g/mol. The molecule has 1 atom stereocenters. The number of fused-ring (bicyclic) bond motifs is 2. The van der Waals surface area contributed by atoms with Crippen LogP contribution in [-0.2, 0) is 0 Å². The topological polar surface area (TPSA) is 53.7 Å². The fourth-order valence-corrected chi connectivity index (χ4v) is 4.19. The van der Waals surface area contributed by atoms with Gasteiger partial charge in [-0.05, 0) is 37.1 Å². The number of likely N-dealkylation sites (tertiary alicyclic amines) is 1. The molecule has 0 unspecified atom stereocenters. The highest BCUT2D eigenvalue weighted by Gasteiger charge is 2.33. The van der Waals surface area contributed by atoms with Gasteiger partial charge in [0.1, 0.15) is 5.69 Å². The van der Waals surface area contributed by atoms with E-state index < -0.39 is 0 Å². The van der Waals surface area contributed by atoms with Crippen molar-refractivity contribution in [3.63, 3.8) is 0 Å². The molecule has 1 amide bonds. The molecule has 146 valence electrons. The van der Waals surface area contributed by atoms with E-state index in [4.69, 9.17) is 4.98 Å². The molecule has 0 radical (unpaired) electrons. The van der Waals surface area contributed by atoms with E-state index in [0.717, 1.165) is 47.3 Å². The van der Waals surface area contributed by atoms with Crippen molar-refractivity contribution in [1.29, 1.82) is 0 Å². The summed E-state index contributed by atoms with van der Waals surface area (Å²) in [6.45, 7) is 0.723. The minimum Gasteiger partial charge on any atom is -0.361 e. The standard InChI is InChI=1S/C23H23N5O/c1-26(2)22-21-10-5-13-27(21)15-19(25-22)20-9-6-14-28(20)23(29)18-12-11-16-7-3-4-8-17(16)24-18/h3-5,7-8,10-13,15,20H,6,9,14H2,1-2H3/t20-/m0/s1. The number of aromatic nitrogens is 3. The van der Waals surface area contributed by atoms with Gasteiger partial charge in [-0.25, -0.2) is 9.97 Å². The Balaban J connectivity index is 1.52. The van der Waals surface area contributed by atoms with Crippen LogP contribution in [0.3, 0.4) is 0 Å². The van der Waals surface area contributed by atoms with Crippen molar-refractivity contribution in [2.24, 2.45) is 0 Å². The third kappa shape index (κ3) is 3.01. The number of anilines is 1. The van der Waals surface area contributed by atoms with E-state index in [9.17, 15) is 4.79 Å².